The van der Waals surface area contributed by atoms with E-state index in [4.69, 9.17) is 0 Å². The average Bonchev–Trinajstić information content (AvgIpc) is 3.18. The predicted molar refractivity (Wildman–Crippen MR) is 90.7 cm³/mol. The summed E-state index contributed by atoms with van der Waals surface area (Å²) in [5.41, 5.74) is 1.57. The smallest absolute Gasteiger partial charge is 0.329 e. The Balaban J connectivity index is 1.64. The minimum absolute atomic E-state index is 0.0237. The first-order valence-electron chi connectivity index (χ1n) is 8.82. The predicted octanol–water partition coefficient (Wildman–Crippen LogP) is 2.45. The van der Waals surface area contributed by atoms with Crippen LogP contribution >= 0.6 is 0 Å². The lowest BCUT2D eigenvalue weighted by atomic mass is 9.79. The number of halogens is 3. The number of amides is 1. The van der Waals surface area contributed by atoms with Gasteiger partial charge < -0.3 is 10.2 Å². The lowest BCUT2D eigenvalue weighted by Crippen LogP contribution is -2.55. The van der Waals surface area contributed by atoms with Gasteiger partial charge in [-0.25, -0.2) is 0 Å². The highest BCUT2D eigenvalue weighted by molar-refractivity contribution is 5.85. The van der Waals surface area contributed by atoms with Crippen molar-refractivity contribution in [2.24, 2.45) is 0 Å². The summed E-state index contributed by atoms with van der Waals surface area (Å²) in [4.78, 5) is 13.6. The second-order valence-electron chi connectivity index (χ2n) is 7.47. The van der Waals surface area contributed by atoms with Gasteiger partial charge in [0.1, 0.15) is 12.6 Å². The Labute approximate surface area is 149 Å². The topological polar surface area (TPSA) is 50.2 Å². The van der Waals surface area contributed by atoms with Crippen LogP contribution in [0.4, 0.5) is 13.2 Å². The number of hydrogen-bond donors (Lipinski definition) is 1. The number of aromatic nitrogens is 2. The molecule has 2 fully saturated rings. The lowest BCUT2D eigenvalue weighted by Gasteiger charge is -2.38. The molecule has 1 aromatic carbocycles. The number of alkyl halides is 3. The number of fused-ring (bicyclic) bond motifs is 1. The third kappa shape index (κ3) is 2.76. The molecule has 1 aromatic heterocycles. The monoisotopic (exact) mass is 366 g/mol. The molecule has 8 heteroatoms. The van der Waals surface area contributed by atoms with E-state index in [-0.39, 0.29) is 24.9 Å². The Morgan fingerprint density at radius 2 is 2.08 bits per heavy atom. The Kier molecular flexibility index (Phi) is 3.98. The van der Waals surface area contributed by atoms with Gasteiger partial charge in [-0.2, -0.15) is 18.3 Å². The maximum atomic E-state index is 13.2. The molecule has 0 radical (unpaired) electrons. The molecule has 4 rings (SSSR count). The number of carbonyl (C=O) groups excluding carboxylic acids is 1. The molecule has 0 bridgehead atoms. The third-order valence-electron chi connectivity index (χ3n) is 5.50. The van der Waals surface area contributed by atoms with E-state index in [1.54, 1.807) is 4.68 Å². The number of carbonyl (C=O) groups is 1. The first kappa shape index (κ1) is 17.3. The normalized spacial score (nSPS) is 22.6. The van der Waals surface area contributed by atoms with E-state index in [1.807, 2.05) is 24.3 Å². The van der Waals surface area contributed by atoms with E-state index in [1.165, 1.54) is 0 Å². The zero-order valence-corrected chi connectivity index (χ0v) is 14.5. The quantitative estimate of drug-likeness (QED) is 0.908. The highest BCUT2D eigenvalue weighted by Crippen LogP contribution is 2.34. The van der Waals surface area contributed by atoms with Gasteiger partial charge in [0.15, 0.2) is 0 Å². The van der Waals surface area contributed by atoms with Crippen molar-refractivity contribution in [2.75, 3.05) is 19.6 Å². The number of nitrogens with zero attached hydrogens (tertiary/aromatic N) is 3. The van der Waals surface area contributed by atoms with Crippen LogP contribution in [-0.4, -0.2) is 52.4 Å². The van der Waals surface area contributed by atoms with Gasteiger partial charge >= 0.3 is 6.18 Å². The molecular formula is C18H21F3N4O. The molecule has 1 N–H and O–H groups in total. The van der Waals surface area contributed by atoms with Crippen molar-refractivity contribution in [1.29, 1.82) is 0 Å². The van der Waals surface area contributed by atoms with Crippen LogP contribution in [0.15, 0.2) is 24.3 Å². The van der Waals surface area contributed by atoms with Crippen molar-refractivity contribution in [3.8, 4) is 0 Å². The Hall–Kier alpha value is -2.09. The number of benzene rings is 1. The number of hydrogen-bond acceptors (Lipinski definition) is 3. The van der Waals surface area contributed by atoms with Gasteiger partial charge in [0, 0.05) is 30.4 Å². The SMILES string of the molecule is CC1(c2nn(CC(=O)N3CCC[C@H]3C(F)(F)F)c3ccccc23)CNC1. The van der Waals surface area contributed by atoms with Gasteiger partial charge in [0.05, 0.1) is 11.2 Å². The molecule has 1 atom stereocenters. The molecule has 2 aromatic rings. The molecule has 2 saturated heterocycles. The standard InChI is InChI=1S/C18H21F3N4O/c1-17(10-22-11-17)16-12-5-2-3-6-13(12)25(23-16)9-15(26)24-8-4-7-14(24)18(19,20)21/h2-3,5-6,14,22H,4,7-11H2,1H3/t14-/m0/s1. The van der Waals surface area contributed by atoms with E-state index >= 15 is 0 Å². The third-order valence-corrected chi connectivity index (χ3v) is 5.50. The highest BCUT2D eigenvalue weighted by atomic mass is 19.4. The number of rotatable bonds is 3. The van der Waals surface area contributed by atoms with Gasteiger partial charge in [0.2, 0.25) is 5.91 Å². The summed E-state index contributed by atoms with van der Waals surface area (Å²) in [5.74, 6) is -0.526. The average molecular weight is 366 g/mol. The Morgan fingerprint density at radius 3 is 2.73 bits per heavy atom. The van der Waals surface area contributed by atoms with E-state index < -0.39 is 18.1 Å². The van der Waals surface area contributed by atoms with Crippen LogP contribution in [-0.2, 0) is 16.8 Å². The van der Waals surface area contributed by atoms with Crippen LogP contribution in [0.1, 0.15) is 25.5 Å². The van der Waals surface area contributed by atoms with Gasteiger partial charge in [0.25, 0.3) is 0 Å². The summed E-state index contributed by atoms with van der Waals surface area (Å²) < 4.78 is 41.0. The fourth-order valence-corrected chi connectivity index (χ4v) is 3.99. The maximum Gasteiger partial charge on any atom is 0.408 e. The van der Waals surface area contributed by atoms with Crippen molar-refractivity contribution >= 4 is 16.8 Å². The second kappa shape index (κ2) is 5.97. The first-order chi connectivity index (χ1) is 12.3. The highest BCUT2D eigenvalue weighted by Gasteiger charge is 2.47. The lowest BCUT2D eigenvalue weighted by molar-refractivity contribution is -0.183. The van der Waals surface area contributed by atoms with Crippen LogP contribution in [0.25, 0.3) is 10.9 Å². The first-order valence-corrected chi connectivity index (χ1v) is 8.82. The molecule has 140 valence electrons. The van der Waals surface area contributed by atoms with Crippen molar-refractivity contribution in [2.45, 2.75) is 43.9 Å². The summed E-state index contributed by atoms with van der Waals surface area (Å²) in [7, 11) is 0. The molecule has 3 heterocycles. The zero-order chi connectivity index (χ0) is 18.5. The van der Waals surface area contributed by atoms with Gasteiger partial charge in [-0.15, -0.1) is 0 Å². The molecule has 2 aliphatic rings. The minimum atomic E-state index is -4.38. The van der Waals surface area contributed by atoms with Crippen LogP contribution < -0.4 is 5.32 Å². The van der Waals surface area contributed by atoms with E-state index in [2.05, 4.69) is 17.3 Å². The molecular weight excluding hydrogens is 345 g/mol. The number of likely N-dealkylation sites (tertiary alicyclic amines) is 1. The van der Waals surface area contributed by atoms with E-state index in [0.29, 0.717) is 6.42 Å². The summed E-state index contributed by atoms with van der Waals surface area (Å²) >= 11 is 0. The maximum absolute atomic E-state index is 13.2. The zero-order valence-electron chi connectivity index (χ0n) is 14.5. The Bertz CT molecular complexity index is 841. The summed E-state index contributed by atoms with van der Waals surface area (Å²) in [6.45, 7) is 3.67. The fraction of sp³-hybridized carbons (Fsp3) is 0.556. The molecule has 0 saturated carbocycles. The second-order valence-corrected chi connectivity index (χ2v) is 7.47. The molecule has 2 aliphatic heterocycles. The molecule has 0 aliphatic carbocycles. The van der Waals surface area contributed by atoms with Crippen LogP contribution in [0, 0.1) is 0 Å². The molecule has 5 nitrogen and oxygen atoms in total. The van der Waals surface area contributed by atoms with Crippen LogP contribution in [0.5, 0.6) is 0 Å². The van der Waals surface area contributed by atoms with Gasteiger partial charge in [-0.3, -0.25) is 9.48 Å². The van der Waals surface area contributed by atoms with Gasteiger partial charge in [-0.05, 0) is 18.9 Å². The molecule has 26 heavy (non-hydrogen) atoms. The van der Waals surface area contributed by atoms with E-state index in [9.17, 15) is 18.0 Å². The summed E-state index contributed by atoms with van der Waals surface area (Å²) in [5, 5.41) is 8.82. The number of nitrogens with one attached hydrogen (secondary N) is 1. The van der Waals surface area contributed by atoms with Crippen molar-refractivity contribution in [1.82, 2.24) is 20.0 Å². The van der Waals surface area contributed by atoms with Gasteiger partial charge in [-0.1, -0.05) is 25.1 Å². The van der Waals surface area contributed by atoms with Crippen molar-refractivity contribution in [3.63, 3.8) is 0 Å². The molecule has 1 amide bonds. The molecule has 0 spiro atoms. The fourth-order valence-electron chi connectivity index (χ4n) is 3.99. The minimum Gasteiger partial charge on any atom is -0.329 e. The Morgan fingerprint density at radius 1 is 1.35 bits per heavy atom. The molecule has 0 unspecified atom stereocenters. The van der Waals surface area contributed by atoms with Crippen molar-refractivity contribution < 1.29 is 18.0 Å². The van der Waals surface area contributed by atoms with Crippen LogP contribution in [0.3, 0.4) is 0 Å². The van der Waals surface area contributed by atoms with Crippen LogP contribution in [0.2, 0.25) is 0 Å². The van der Waals surface area contributed by atoms with E-state index in [0.717, 1.165) is 34.6 Å². The summed E-state index contributed by atoms with van der Waals surface area (Å²) in [6.07, 6.45) is -4.02. The number of para-hydroxylation sites is 1. The van der Waals surface area contributed by atoms with Crippen molar-refractivity contribution in [3.05, 3.63) is 30.0 Å². The summed E-state index contributed by atoms with van der Waals surface area (Å²) in [6, 6.07) is 5.90. The largest absolute Gasteiger partial charge is 0.408 e.